The highest BCUT2D eigenvalue weighted by Gasteiger charge is 2.35. The van der Waals surface area contributed by atoms with E-state index in [1.54, 1.807) is 14.0 Å². The number of nitrogens with one attached hydrogen (secondary N) is 1. The van der Waals surface area contributed by atoms with Gasteiger partial charge >= 0.3 is 6.18 Å². The molecule has 0 aliphatic heterocycles. The standard InChI is InChI=1S/C12H13ClF3N3/c1-4-19-6(2)18-8-5-7(12(14,15)16)9(13)10(17-3)11(8)19/h5,17H,4H2,1-3H3. The second-order valence-electron chi connectivity index (χ2n) is 4.13. The Morgan fingerprint density at radius 1 is 1.42 bits per heavy atom. The number of alkyl halides is 3. The molecule has 7 heteroatoms. The van der Waals surface area contributed by atoms with Gasteiger partial charge in [-0.05, 0) is 19.9 Å². The van der Waals surface area contributed by atoms with E-state index < -0.39 is 11.7 Å². The van der Waals surface area contributed by atoms with Crippen LogP contribution >= 0.6 is 11.6 Å². The Labute approximate surface area is 113 Å². The van der Waals surface area contributed by atoms with E-state index in [1.165, 1.54) is 0 Å². The van der Waals surface area contributed by atoms with Gasteiger partial charge in [0, 0.05) is 13.6 Å². The highest BCUT2D eigenvalue weighted by atomic mass is 35.5. The molecule has 0 bridgehead atoms. The van der Waals surface area contributed by atoms with Crippen LogP contribution < -0.4 is 5.32 Å². The van der Waals surface area contributed by atoms with Crippen molar-refractivity contribution in [2.75, 3.05) is 12.4 Å². The van der Waals surface area contributed by atoms with Crippen molar-refractivity contribution in [2.24, 2.45) is 0 Å². The lowest BCUT2D eigenvalue weighted by molar-refractivity contribution is -0.137. The van der Waals surface area contributed by atoms with Crippen LogP contribution in [0.2, 0.25) is 5.02 Å². The summed E-state index contributed by atoms with van der Waals surface area (Å²) in [6, 6.07) is 0.998. The number of nitrogens with zero attached hydrogens (tertiary/aromatic N) is 2. The molecule has 0 aliphatic carbocycles. The molecular formula is C12H13ClF3N3. The Kier molecular flexibility index (Phi) is 3.38. The normalized spacial score (nSPS) is 12.2. The lowest BCUT2D eigenvalue weighted by Gasteiger charge is -2.14. The molecule has 0 saturated heterocycles. The summed E-state index contributed by atoms with van der Waals surface area (Å²) in [4.78, 5) is 4.17. The van der Waals surface area contributed by atoms with Crippen LogP contribution in [0.15, 0.2) is 6.07 Å². The van der Waals surface area contributed by atoms with Crippen molar-refractivity contribution >= 4 is 28.3 Å². The Morgan fingerprint density at radius 3 is 2.53 bits per heavy atom. The second-order valence-corrected chi connectivity index (χ2v) is 4.51. The fraction of sp³-hybridized carbons (Fsp3) is 0.417. The van der Waals surface area contributed by atoms with Crippen LogP contribution in [0.5, 0.6) is 0 Å². The molecule has 3 nitrogen and oxygen atoms in total. The number of halogens is 4. The van der Waals surface area contributed by atoms with E-state index >= 15 is 0 Å². The molecule has 1 aromatic heterocycles. The van der Waals surface area contributed by atoms with Crippen molar-refractivity contribution in [2.45, 2.75) is 26.6 Å². The smallest absolute Gasteiger partial charge is 0.385 e. The highest BCUT2D eigenvalue weighted by Crippen LogP contribution is 2.42. The third-order valence-corrected chi connectivity index (χ3v) is 3.42. The van der Waals surface area contributed by atoms with E-state index in [1.807, 2.05) is 11.5 Å². The first-order valence-corrected chi connectivity index (χ1v) is 6.13. The Balaban J connectivity index is 2.91. The largest absolute Gasteiger partial charge is 0.418 e. The van der Waals surface area contributed by atoms with E-state index in [0.717, 1.165) is 6.07 Å². The lowest BCUT2D eigenvalue weighted by Crippen LogP contribution is -2.08. The van der Waals surface area contributed by atoms with Crippen molar-refractivity contribution < 1.29 is 13.2 Å². The molecule has 2 aromatic rings. The zero-order valence-corrected chi connectivity index (χ0v) is 11.4. The summed E-state index contributed by atoms with van der Waals surface area (Å²) in [6.45, 7) is 4.27. The molecule has 0 aliphatic rings. The minimum atomic E-state index is -4.50. The quantitative estimate of drug-likeness (QED) is 0.903. The predicted octanol–water partition coefficient (Wildman–Crippen LogP) is 4.08. The number of anilines is 1. The SMILES string of the molecule is CCn1c(C)nc2cc(C(F)(F)F)c(Cl)c(NC)c21. The number of hydrogen-bond acceptors (Lipinski definition) is 2. The van der Waals surface area contributed by atoms with Gasteiger partial charge in [-0.3, -0.25) is 0 Å². The van der Waals surface area contributed by atoms with Crippen molar-refractivity contribution in [3.05, 3.63) is 22.5 Å². The number of fused-ring (bicyclic) bond motifs is 1. The molecule has 0 saturated carbocycles. The van der Waals surface area contributed by atoms with Crippen molar-refractivity contribution in [3.63, 3.8) is 0 Å². The Morgan fingerprint density at radius 2 is 2.05 bits per heavy atom. The highest BCUT2D eigenvalue weighted by molar-refractivity contribution is 6.35. The minimum Gasteiger partial charge on any atom is -0.385 e. The van der Waals surface area contributed by atoms with Crippen LogP contribution in [0.4, 0.5) is 18.9 Å². The van der Waals surface area contributed by atoms with Crippen molar-refractivity contribution in [1.82, 2.24) is 9.55 Å². The van der Waals surface area contributed by atoms with Crippen LogP contribution in [0.3, 0.4) is 0 Å². The molecule has 1 aromatic carbocycles. The summed E-state index contributed by atoms with van der Waals surface area (Å²) in [5.41, 5.74) is 0.279. The lowest BCUT2D eigenvalue weighted by atomic mass is 10.1. The first-order chi connectivity index (χ1) is 8.81. The Bertz CT molecular complexity index is 631. The maximum atomic E-state index is 12.9. The van der Waals surface area contributed by atoms with E-state index in [4.69, 9.17) is 11.6 Å². The van der Waals surface area contributed by atoms with Crippen LogP contribution in [-0.4, -0.2) is 16.6 Å². The fourth-order valence-corrected chi connectivity index (χ4v) is 2.56. The molecule has 19 heavy (non-hydrogen) atoms. The molecule has 104 valence electrons. The van der Waals surface area contributed by atoms with Gasteiger partial charge in [-0.25, -0.2) is 4.98 Å². The van der Waals surface area contributed by atoms with Crippen LogP contribution in [0.1, 0.15) is 18.3 Å². The number of hydrogen-bond donors (Lipinski definition) is 1. The number of aromatic nitrogens is 2. The topological polar surface area (TPSA) is 29.9 Å². The summed E-state index contributed by atoms with van der Waals surface area (Å²) in [6.07, 6.45) is -4.50. The molecule has 0 amide bonds. The molecule has 2 rings (SSSR count). The molecule has 1 heterocycles. The van der Waals surface area contributed by atoms with Gasteiger partial charge in [-0.15, -0.1) is 0 Å². The van der Waals surface area contributed by atoms with Gasteiger partial charge in [0.25, 0.3) is 0 Å². The van der Waals surface area contributed by atoms with E-state index in [9.17, 15) is 13.2 Å². The molecule has 0 radical (unpaired) electrons. The van der Waals surface area contributed by atoms with E-state index in [2.05, 4.69) is 10.3 Å². The first kappa shape index (κ1) is 14.0. The van der Waals surface area contributed by atoms with Gasteiger partial charge in [0.2, 0.25) is 0 Å². The summed E-state index contributed by atoms with van der Waals surface area (Å²) in [5, 5.41) is 2.42. The number of benzene rings is 1. The van der Waals surface area contributed by atoms with Gasteiger partial charge < -0.3 is 9.88 Å². The molecule has 0 spiro atoms. The van der Waals surface area contributed by atoms with Crippen molar-refractivity contribution in [1.29, 1.82) is 0 Å². The zero-order chi connectivity index (χ0) is 14.4. The second kappa shape index (κ2) is 4.59. The maximum absolute atomic E-state index is 12.9. The van der Waals surface area contributed by atoms with Gasteiger partial charge in [-0.1, -0.05) is 11.6 Å². The van der Waals surface area contributed by atoms with E-state index in [0.29, 0.717) is 23.4 Å². The van der Waals surface area contributed by atoms with Gasteiger partial charge in [0.1, 0.15) is 5.82 Å². The van der Waals surface area contributed by atoms with Gasteiger partial charge in [0.05, 0.1) is 27.3 Å². The third kappa shape index (κ3) is 2.14. The molecular weight excluding hydrogens is 279 g/mol. The first-order valence-electron chi connectivity index (χ1n) is 5.75. The third-order valence-electron chi connectivity index (χ3n) is 3.03. The monoisotopic (exact) mass is 291 g/mol. The van der Waals surface area contributed by atoms with Crippen LogP contribution in [0.25, 0.3) is 11.0 Å². The molecule has 1 N–H and O–H groups in total. The minimum absolute atomic E-state index is 0.258. The van der Waals surface area contributed by atoms with Gasteiger partial charge in [-0.2, -0.15) is 13.2 Å². The Hall–Kier alpha value is -1.43. The number of imidazole rings is 1. The predicted molar refractivity (Wildman–Crippen MR) is 69.7 cm³/mol. The average molecular weight is 292 g/mol. The maximum Gasteiger partial charge on any atom is 0.418 e. The van der Waals surface area contributed by atoms with Crippen molar-refractivity contribution in [3.8, 4) is 0 Å². The van der Waals surface area contributed by atoms with Crippen LogP contribution in [0, 0.1) is 6.92 Å². The molecule has 0 atom stereocenters. The summed E-state index contributed by atoms with van der Waals surface area (Å²) in [7, 11) is 1.54. The van der Waals surface area contributed by atoms with Crippen LogP contribution in [-0.2, 0) is 12.7 Å². The number of aryl methyl sites for hydroxylation is 2. The fourth-order valence-electron chi connectivity index (χ4n) is 2.21. The average Bonchev–Trinajstić information content (AvgIpc) is 2.62. The zero-order valence-electron chi connectivity index (χ0n) is 10.7. The number of rotatable bonds is 2. The van der Waals surface area contributed by atoms with E-state index in [-0.39, 0.29) is 10.7 Å². The molecule has 0 unspecified atom stereocenters. The summed E-state index contributed by atoms with van der Waals surface area (Å²) in [5.74, 6) is 0.657. The summed E-state index contributed by atoms with van der Waals surface area (Å²) < 4.78 is 40.6. The molecule has 0 fully saturated rings. The van der Waals surface area contributed by atoms with Gasteiger partial charge in [0.15, 0.2) is 0 Å². The summed E-state index contributed by atoms with van der Waals surface area (Å²) >= 11 is 5.89.